The SMILES string of the molecule is C1CNCN2CNCCNCN(CN1)CNCCNC2.C1CNCN2CNCCNCN(CN1)CNCCNC2.O.O.[Cl-].[Cl-].[Cl-].[Cl-].[Cl-].[Cl-].[Co+3].[Co+3]. The summed E-state index contributed by atoms with van der Waals surface area (Å²) >= 11 is 0. The average molecular weight is 939 g/mol. The van der Waals surface area contributed by atoms with Crippen molar-refractivity contribution in [3.63, 3.8) is 0 Å². The van der Waals surface area contributed by atoms with Crippen LogP contribution in [0.25, 0.3) is 0 Å². The molecule has 312 valence electrons. The van der Waals surface area contributed by atoms with Gasteiger partial charge in [-0.3, -0.25) is 19.6 Å². The smallest absolute Gasteiger partial charge is 1.00 e. The first-order valence-electron chi connectivity index (χ1n) is 15.3. The Morgan fingerprint density at radius 3 is 0.360 bits per heavy atom. The van der Waals surface area contributed by atoms with Crippen LogP contribution in [0.4, 0.5) is 0 Å². The third-order valence-corrected chi connectivity index (χ3v) is 6.90. The molecular weight excluding hydrogens is 875 g/mol. The van der Waals surface area contributed by atoms with Crippen LogP contribution in [0, 0.1) is 0 Å². The quantitative estimate of drug-likeness (QED) is 0.109. The zero-order valence-electron chi connectivity index (χ0n) is 28.7. The molecule has 6 aliphatic heterocycles. The molecule has 16 N–H and O–H groups in total. The zero-order valence-corrected chi connectivity index (χ0v) is 35.3. The summed E-state index contributed by atoms with van der Waals surface area (Å²) in [6.07, 6.45) is 0. The number of fused-ring (bicyclic) bond motifs is 30. The molecule has 0 saturated carbocycles. The standard InChI is InChI=1S/2C12H30N8.6ClH.2Co.2H2O/c2*1-2-14-8-20-11-17-5-3-15-9-19(7-13-1)10-16-4-6-18-12-20;;;;;;;;;;/h2*13-18H,1-12H2;6*1H;;;2*1H2/q;;;;;;;;2*+3;;/p-6. The van der Waals surface area contributed by atoms with Crippen LogP contribution in [0.1, 0.15) is 0 Å². The van der Waals surface area contributed by atoms with Gasteiger partial charge in [0.15, 0.2) is 0 Å². The van der Waals surface area contributed by atoms with E-state index in [0.717, 1.165) is 159 Å². The Balaban J connectivity index is -0.0000000980. The third kappa shape index (κ3) is 38.3. The van der Waals surface area contributed by atoms with Crippen molar-refractivity contribution in [3.8, 4) is 0 Å². The number of nitrogens with one attached hydrogen (secondary N) is 12. The summed E-state index contributed by atoms with van der Waals surface area (Å²) < 4.78 is 0. The van der Waals surface area contributed by atoms with Gasteiger partial charge in [0, 0.05) is 78.5 Å². The van der Waals surface area contributed by atoms with Gasteiger partial charge in [-0.2, -0.15) is 0 Å². The monoisotopic (exact) mass is 936 g/mol. The van der Waals surface area contributed by atoms with Crippen LogP contribution in [0.15, 0.2) is 0 Å². The van der Waals surface area contributed by atoms with Crippen molar-refractivity contribution in [1.29, 1.82) is 0 Å². The van der Waals surface area contributed by atoms with Crippen LogP contribution in [-0.4, -0.2) is 189 Å². The number of halogens is 6. The number of hydrogen-bond donors (Lipinski definition) is 12. The molecule has 0 atom stereocenters. The van der Waals surface area contributed by atoms with Crippen molar-refractivity contribution in [2.24, 2.45) is 0 Å². The Morgan fingerprint density at radius 2 is 0.280 bits per heavy atom. The normalized spacial score (nSPS) is 25.9. The summed E-state index contributed by atoms with van der Waals surface area (Å²) in [7, 11) is 0. The van der Waals surface area contributed by atoms with Gasteiger partial charge in [-0.1, -0.05) is 0 Å². The molecule has 0 unspecified atom stereocenters. The van der Waals surface area contributed by atoms with Gasteiger partial charge in [0.2, 0.25) is 0 Å². The van der Waals surface area contributed by atoms with E-state index in [1.165, 1.54) is 0 Å². The minimum Gasteiger partial charge on any atom is -1.00 e. The zero-order chi connectivity index (χ0) is 27.8. The van der Waals surface area contributed by atoms with Gasteiger partial charge in [-0.15, -0.1) is 0 Å². The van der Waals surface area contributed by atoms with Gasteiger partial charge in [0.25, 0.3) is 0 Å². The molecular formula is C24H64Cl6Co2N16O2. The molecule has 0 spiro atoms. The molecule has 0 aromatic rings. The van der Waals surface area contributed by atoms with Crippen LogP contribution in [0.3, 0.4) is 0 Å². The number of nitrogens with zero attached hydrogens (tertiary/aromatic N) is 4. The van der Waals surface area contributed by atoms with E-state index in [1.54, 1.807) is 0 Å². The molecule has 6 heterocycles. The first kappa shape index (κ1) is 69.9. The minimum atomic E-state index is 0. The van der Waals surface area contributed by atoms with Gasteiger partial charge in [0.05, 0.1) is 80.0 Å². The first-order chi connectivity index (χ1) is 19.9. The fourth-order valence-electron chi connectivity index (χ4n) is 4.58. The van der Waals surface area contributed by atoms with Crippen molar-refractivity contribution in [2.45, 2.75) is 0 Å². The van der Waals surface area contributed by atoms with Gasteiger partial charge in [-0.25, -0.2) is 0 Å². The van der Waals surface area contributed by atoms with Crippen molar-refractivity contribution >= 4 is 0 Å². The summed E-state index contributed by atoms with van der Waals surface area (Å²) in [5.74, 6) is 0. The molecule has 4 bridgehead atoms. The van der Waals surface area contributed by atoms with Crippen LogP contribution < -0.4 is 138 Å². The summed E-state index contributed by atoms with van der Waals surface area (Å²) in [5, 5.41) is 41.8. The van der Waals surface area contributed by atoms with E-state index in [2.05, 4.69) is 83.4 Å². The first-order valence-corrected chi connectivity index (χ1v) is 15.3. The maximum atomic E-state index is 3.48. The minimum absolute atomic E-state index is 0. The largest absolute Gasteiger partial charge is 3.00 e. The number of rotatable bonds is 0. The van der Waals surface area contributed by atoms with Gasteiger partial charge in [-0.05, 0) is 0 Å². The van der Waals surface area contributed by atoms with E-state index in [4.69, 9.17) is 0 Å². The van der Waals surface area contributed by atoms with Crippen LogP contribution in [0.2, 0.25) is 0 Å². The molecule has 0 radical (unpaired) electrons. The van der Waals surface area contributed by atoms with Crippen molar-refractivity contribution in [3.05, 3.63) is 0 Å². The predicted molar refractivity (Wildman–Crippen MR) is 169 cm³/mol. The predicted octanol–water partition coefficient (Wildman–Crippen LogP) is -25.8. The second-order valence-corrected chi connectivity index (χ2v) is 10.6. The number of hydrogen-bond acceptors (Lipinski definition) is 16. The fraction of sp³-hybridized carbons (Fsp3) is 1.00. The second kappa shape index (κ2) is 51.0. The van der Waals surface area contributed by atoms with E-state index in [1.807, 2.05) is 0 Å². The van der Waals surface area contributed by atoms with E-state index < -0.39 is 0 Å². The van der Waals surface area contributed by atoms with Gasteiger partial charge < -0.3 is 149 Å². The molecule has 0 aliphatic carbocycles. The Bertz CT molecular complexity index is 453. The topological polar surface area (TPSA) is 220 Å². The molecule has 50 heavy (non-hydrogen) atoms. The van der Waals surface area contributed by atoms with Crippen LogP contribution in [0.5, 0.6) is 0 Å². The van der Waals surface area contributed by atoms with Gasteiger partial charge >= 0.3 is 33.6 Å². The van der Waals surface area contributed by atoms with E-state index in [0.29, 0.717) is 0 Å². The maximum absolute atomic E-state index is 3.48. The summed E-state index contributed by atoms with van der Waals surface area (Å²) in [6.45, 7) is 22.8. The molecule has 18 nitrogen and oxygen atoms in total. The molecule has 0 aromatic carbocycles. The average Bonchev–Trinajstić information content (AvgIpc) is 2.97. The summed E-state index contributed by atoms with van der Waals surface area (Å²) in [5.41, 5.74) is 0. The third-order valence-electron chi connectivity index (χ3n) is 6.90. The van der Waals surface area contributed by atoms with Crippen molar-refractivity contribution in [2.75, 3.05) is 159 Å². The van der Waals surface area contributed by atoms with Crippen molar-refractivity contribution < 1.29 is 119 Å². The molecule has 6 aliphatic rings. The Morgan fingerprint density at radius 1 is 0.200 bits per heavy atom. The molecule has 0 aromatic heterocycles. The Kier molecular flexibility index (Phi) is 71.3. The van der Waals surface area contributed by atoms with Crippen LogP contribution >= 0.6 is 0 Å². The summed E-state index contributed by atoms with van der Waals surface area (Å²) in [6, 6.07) is 0. The van der Waals surface area contributed by atoms with E-state index >= 15 is 0 Å². The second-order valence-electron chi connectivity index (χ2n) is 10.6. The maximum Gasteiger partial charge on any atom is 3.00 e. The Hall–Kier alpha value is 2.03. The molecule has 26 heteroatoms. The molecule has 6 fully saturated rings. The Labute approximate surface area is 358 Å². The van der Waals surface area contributed by atoms with Crippen LogP contribution in [-0.2, 0) is 33.6 Å². The fourth-order valence-corrected chi connectivity index (χ4v) is 4.58. The molecule has 0 amide bonds. The van der Waals surface area contributed by atoms with Crippen molar-refractivity contribution in [1.82, 2.24) is 83.4 Å². The summed E-state index contributed by atoms with van der Waals surface area (Å²) in [4.78, 5) is 9.40. The molecule has 6 rings (SSSR count). The molecule has 6 saturated heterocycles. The van der Waals surface area contributed by atoms with E-state index in [9.17, 15) is 0 Å². The van der Waals surface area contributed by atoms with Gasteiger partial charge in [0.1, 0.15) is 0 Å². The van der Waals surface area contributed by atoms with E-state index in [-0.39, 0.29) is 119 Å².